The van der Waals surface area contributed by atoms with E-state index in [-0.39, 0.29) is 17.1 Å². The van der Waals surface area contributed by atoms with Gasteiger partial charge in [0.05, 0.1) is 17.6 Å². The van der Waals surface area contributed by atoms with Crippen LogP contribution >= 0.6 is 23.1 Å². The minimum Gasteiger partial charge on any atom is -0.494 e. The summed E-state index contributed by atoms with van der Waals surface area (Å²) in [7, 11) is 0. The SMILES string of the molecule is CCOc1ccc(-c2csc(NC(=O)C(C)Sc3cccc(NC(=O)c4ccc(C)cc4)c3)n2)cc1. The second kappa shape index (κ2) is 11.9. The van der Waals surface area contributed by atoms with Crippen molar-refractivity contribution in [3.8, 4) is 17.0 Å². The van der Waals surface area contributed by atoms with Crippen LogP contribution in [0.3, 0.4) is 0 Å². The lowest BCUT2D eigenvalue weighted by molar-refractivity contribution is -0.115. The first-order chi connectivity index (χ1) is 17.4. The molecule has 4 aromatic rings. The van der Waals surface area contributed by atoms with E-state index in [1.165, 1.54) is 23.1 Å². The van der Waals surface area contributed by atoms with Crippen molar-refractivity contribution in [1.82, 2.24) is 4.98 Å². The van der Waals surface area contributed by atoms with Crippen molar-refractivity contribution in [2.24, 2.45) is 0 Å². The van der Waals surface area contributed by atoms with Gasteiger partial charge in [-0.1, -0.05) is 23.8 Å². The Hall–Kier alpha value is -3.62. The van der Waals surface area contributed by atoms with Gasteiger partial charge in [-0.25, -0.2) is 4.98 Å². The second-order valence-electron chi connectivity index (χ2n) is 8.09. The topological polar surface area (TPSA) is 80.3 Å². The predicted octanol–water partition coefficient (Wildman–Crippen LogP) is 6.89. The summed E-state index contributed by atoms with van der Waals surface area (Å²) < 4.78 is 5.48. The monoisotopic (exact) mass is 517 g/mol. The minimum atomic E-state index is -0.356. The maximum absolute atomic E-state index is 12.8. The summed E-state index contributed by atoms with van der Waals surface area (Å²) in [6.45, 7) is 6.39. The fraction of sp³-hybridized carbons (Fsp3) is 0.179. The number of hydrogen-bond donors (Lipinski definition) is 2. The van der Waals surface area contributed by atoms with E-state index in [0.717, 1.165) is 27.5 Å². The van der Waals surface area contributed by atoms with Crippen LogP contribution in [0.5, 0.6) is 5.75 Å². The summed E-state index contributed by atoms with van der Waals surface area (Å²) in [5, 5.41) is 7.95. The lowest BCUT2D eigenvalue weighted by Gasteiger charge is -2.12. The van der Waals surface area contributed by atoms with Crippen LogP contribution in [0.1, 0.15) is 29.8 Å². The molecule has 1 aromatic heterocycles. The van der Waals surface area contributed by atoms with Gasteiger partial charge in [-0.15, -0.1) is 23.1 Å². The van der Waals surface area contributed by atoms with Crippen LogP contribution in [0, 0.1) is 6.92 Å². The number of hydrogen-bond acceptors (Lipinski definition) is 6. The number of aromatic nitrogens is 1. The summed E-state index contributed by atoms with van der Waals surface area (Å²) in [5.74, 6) is 0.506. The van der Waals surface area contributed by atoms with E-state index in [4.69, 9.17) is 4.74 Å². The summed E-state index contributed by atoms with van der Waals surface area (Å²) in [5.41, 5.74) is 4.14. The predicted molar refractivity (Wildman–Crippen MR) is 148 cm³/mol. The largest absolute Gasteiger partial charge is 0.494 e. The molecular weight excluding hydrogens is 490 g/mol. The zero-order chi connectivity index (χ0) is 25.5. The minimum absolute atomic E-state index is 0.137. The van der Waals surface area contributed by atoms with E-state index >= 15 is 0 Å². The molecule has 0 spiro atoms. The van der Waals surface area contributed by atoms with E-state index in [0.29, 0.717) is 23.0 Å². The average Bonchev–Trinajstić information content (AvgIpc) is 3.33. The van der Waals surface area contributed by atoms with Crippen molar-refractivity contribution in [3.05, 3.63) is 89.3 Å². The van der Waals surface area contributed by atoms with Crippen molar-refractivity contribution in [2.75, 3.05) is 17.2 Å². The second-order valence-corrected chi connectivity index (χ2v) is 10.4. The summed E-state index contributed by atoms with van der Waals surface area (Å²) in [6.07, 6.45) is 0. The first kappa shape index (κ1) is 25.5. The van der Waals surface area contributed by atoms with E-state index in [9.17, 15) is 9.59 Å². The lowest BCUT2D eigenvalue weighted by Crippen LogP contribution is -2.22. The highest BCUT2D eigenvalue weighted by Gasteiger charge is 2.17. The maximum Gasteiger partial charge on any atom is 0.255 e. The third-order valence-corrected chi connectivity index (χ3v) is 7.13. The number of nitrogens with zero attached hydrogens (tertiary/aromatic N) is 1. The molecule has 0 bridgehead atoms. The third kappa shape index (κ3) is 6.74. The normalized spacial score (nSPS) is 11.5. The zero-order valence-electron chi connectivity index (χ0n) is 20.3. The summed E-state index contributed by atoms with van der Waals surface area (Å²) >= 11 is 2.81. The molecule has 2 amide bonds. The molecule has 184 valence electrons. The summed E-state index contributed by atoms with van der Waals surface area (Å²) in [6, 6.07) is 22.6. The van der Waals surface area contributed by atoms with E-state index < -0.39 is 0 Å². The number of amides is 2. The van der Waals surface area contributed by atoms with Gasteiger partial charge in [-0.3, -0.25) is 9.59 Å². The third-order valence-electron chi connectivity index (χ3n) is 5.28. The molecule has 1 heterocycles. The molecule has 3 aromatic carbocycles. The van der Waals surface area contributed by atoms with Crippen molar-refractivity contribution in [1.29, 1.82) is 0 Å². The molecule has 1 atom stereocenters. The molecule has 4 rings (SSSR count). The molecule has 0 saturated carbocycles. The molecule has 8 heteroatoms. The van der Waals surface area contributed by atoms with Gasteiger partial charge in [0.25, 0.3) is 5.91 Å². The number of carbonyl (C=O) groups excluding carboxylic acids is 2. The Kier molecular flexibility index (Phi) is 8.40. The molecule has 0 fully saturated rings. The molecule has 36 heavy (non-hydrogen) atoms. The van der Waals surface area contributed by atoms with Crippen LogP contribution < -0.4 is 15.4 Å². The number of nitrogens with one attached hydrogen (secondary N) is 2. The Balaban J connectivity index is 1.34. The number of thioether (sulfide) groups is 1. The van der Waals surface area contributed by atoms with Crippen LogP contribution in [-0.2, 0) is 4.79 Å². The fourth-order valence-electron chi connectivity index (χ4n) is 3.37. The number of rotatable bonds is 9. The first-order valence-corrected chi connectivity index (χ1v) is 13.3. The highest BCUT2D eigenvalue weighted by molar-refractivity contribution is 8.00. The molecule has 0 aliphatic rings. The number of benzene rings is 3. The smallest absolute Gasteiger partial charge is 0.255 e. The van der Waals surface area contributed by atoms with Gasteiger partial charge in [0.15, 0.2) is 5.13 Å². The number of ether oxygens (including phenoxy) is 1. The van der Waals surface area contributed by atoms with Crippen molar-refractivity contribution in [3.63, 3.8) is 0 Å². The zero-order valence-corrected chi connectivity index (χ0v) is 21.9. The quantitative estimate of drug-likeness (QED) is 0.236. The van der Waals surface area contributed by atoms with Gasteiger partial charge >= 0.3 is 0 Å². The Labute approximate surface area is 219 Å². The Morgan fingerprint density at radius 3 is 2.50 bits per heavy atom. The number of anilines is 2. The molecule has 0 saturated heterocycles. The summed E-state index contributed by atoms with van der Waals surface area (Å²) in [4.78, 5) is 30.8. The molecule has 6 nitrogen and oxygen atoms in total. The van der Waals surface area contributed by atoms with Gasteiger partial charge in [-0.2, -0.15) is 0 Å². The standard InChI is InChI=1S/C28H27N3O3S2/c1-4-34-23-14-12-20(13-15-23)25-17-35-28(30-25)31-26(32)19(3)36-24-7-5-6-22(16-24)29-27(33)21-10-8-18(2)9-11-21/h5-17,19H,4H2,1-3H3,(H,29,33)(H,30,31,32). The number of aryl methyl sites for hydroxylation is 1. The van der Waals surface area contributed by atoms with E-state index in [1.54, 1.807) is 12.1 Å². The van der Waals surface area contributed by atoms with Gasteiger partial charge in [0, 0.05) is 27.1 Å². The lowest BCUT2D eigenvalue weighted by atomic mass is 10.1. The molecule has 2 N–H and O–H groups in total. The van der Waals surface area contributed by atoms with Crippen LogP contribution in [0.2, 0.25) is 0 Å². The Bertz CT molecular complexity index is 1330. The van der Waals surface area contributed by atoms with Gasteiger partial charge in [-0.05, 0) is 75.4 Å². The molecular formula is C28H27N3O3S2. The van der Waals surface area contributed by atoms with Gasteiger partial charge in [0.1, 0.15) is 5.75 Å². The highest BCUT2D eigenvalue weighted by Crippen LogP contribution is 2.29. The van der Waals surface area contributed by atoms with Crippen LogP contribution in [0.15, 0.2) is 83.1 Å². The van der Waals surface area contributed by atoms with E-state index in [2.05, 4.69) is 15.6 Å². The maximum atomic E-state index is 12.8. The molecule has 1 unspecified atom stereocenters. The van der Waals surface area contributed by atoms with Crippen LogP contribution in [0.25, 0.3) is 11.3 Å². The van der Waals surface area contributed by atoms with Crippen molar-refractivity contribution in [2.45, 2.75) is 30.9 Å². The Morgan fingerprint density at radius 2 is 1.78 bits per heavy atom. The molecule has 0 aliphatic carbocycles. The first-order valence-electron chi connectivity index (χ1n) is 11.6. The average molecular weight is 518 g/mol. The van der Waals surface area contributed by atoms with Crippen molar-refractivity contribution >= 4 is 45.7 Å². The molecule has 0 aliphatic heterocycles. The number of thiazole rings is 1. The molecule has 0 radical (unpaired) electrons. The van der Waals surface area contributed by atoms with Crippen LogP contribution in [0.4, 0.5) is 10.8 Å². The number of carbonyl (C=O) groups is 2. The van der Waals surface area contributed by atoms with Gasteiger partial charge < -0.3 is 15.4 Å². The fourth-order valence-corrected chi connectivity index (χ4v) is 5.02. The van der Waals surface area contributed by atoms with Crippen molar-refractivity contribution < 1.29 is 14.3 Å². The van der Waals surface area contributed by atoms with Gasteiger partial charge in [0.2, 0.25) is 5.91 Å². The van der Waals surface area contributed by atoms with E-state index in [1.807, 2.05) is 86.8 Å². The van der Waals surface area contributed by atoms with Crippen LogP contribution in [-0.4, -0.2) is 28.7 Å². The highest BCUT2D eigenvalue weighted by atomic mass is 32.2. The Morgan fingerprint density at radius 1 is 1.03 bits per heavy atom.